The van der Waals surface area contributed by atoms with Gasteiger partial charge in [-0.05, 0) is 99.4 Å². The number of amides is 1. The Kier molecular flexibility index (Phi) is 8.67. The van der Waals surface area contributed by atoms with Gasteiger partial charge in [-0.25, -0.2) is 13.2 Å². The van der Waals surface area contributed by atoms with Gasteiger partial charge in [-0.1, -0.05) is 48.0 Å². The highest BCUT2D eigenvalue weighted by atomic mass is 19.2. The molecule has 0 aromatic heterocycles. The average molecular weight is 522 g/mol. The molecule has 1 fully saturated rings. The molecule has 4 rings (SSSR count). The van der Waals surface area contributed by atoms with Crippen molar-refractivity contribution in [3.63, 3.8) is 0 Å². The largest absolute Gasteiger partial charge is 0.343 e. The van der Waals surface area contributed by atoms with Crippen LogP contribution in [0.1, 0.15) is 47.4 Å². The zero-order chi connectivity index (χ0) is 27.3. The van der Waals surface area contributed by atoms with Crippen LogP contribution < -0.4 is 0 Å². The summed E-state index contributed by atoms with van der Waals surface area (Å²) < 4.78 is 40.6. The molecule has 1 atom stereocenters. The number of aliphatic imine (C=N–C) groups is 1. The van der Waals surface area contributed by atoms with Crippen LogP contribution in [0.3, 0.4) is 0 Å². The van der Waals surface area contributed by atoms with Gasteiger partial charge in [0.15, 0.2) is 17.2 Å². The van der Waals surface area contributed by atoms with Crippen LogP contribution in [0.25, 0.3) is 0 Å². The lowest BCUT2D eigenvalue weighted by atomic mass is 9.81. The summed E-state index contributed by atoms with van der Waals surface area (Å²) in [6.07, 6.45) is 2.52. The summed E-state index contributed by atoms with van der Waals surface area (Å²) in [6.45, 7) is 8.81. The standard InChI is InChI=1S/C31H34F3N3O/c1-22-5-8-25(9-6-22)31(35-2,26-10-12-27(32)13-11-26)30(38)36(3)17-4-18-37-19-15-23(16-20-37)24-7-14-28(33)29(34)21-24/h5-14,21,23H,2,4,15-20H2,1,3H3. The third kappa shape index (κ3) is 5.83. The van der Waals surface area contributed by atoms with E-state index in [0.29, 0.717) is 17.7 Å². The summed E-state index contributed by atoms with van der Waals surface area (Å²) in [7, 11) is 1.76. The minimum atomic E-state index is -1.38. The highest BCUT2D eigenvalue weighted by Crippen LogP contribution is 2.36. The Hall–Kier alpha value is -3.45. The van der Waals surface area contributed by atoms with Gasteiger partial charge in [0.2, 0.25) is 0 Å². The Morgan fingerprint density at radius 3 is 2.16 bits per heavy atom. The topological polar surface area (TPSA) is 35.9 Å². The van der Waals surface area contributed by atoms with Crippen molar-refractivity contribution in [1.29, 1.82) is 0 Å². The Balaban J connectivity index is 1.39. The molecular weight excluding hydrogens is 487 g/mol. The zero-order valence-electron chi connectivity index (χ0n) is 22.0. The lowest BCUT2D eigenvalue weighted by molar-refractivity contribution is -0.134. The second-order valence-electron chi connectivity index (χ2n) is 10.1. The molecule has 1 heterocycles. The fourth-order valence-electron chi connectivity index (χ4n) is 5.32. The van der Waals surface area contributed by atoms with E-state index in [9.17, 15) is 18.0 Å². The maximum Gasteiger partial charge on any atom is 0.259 e. The molecule has 1 unspecified atom stereocenters. The first kappa shape index (κ1) is 27.6. The normalized spacial score (nSPS) is 16.1. The van der Waals surface area contributed by atoms with Crippen molar-refractivity contribution >= 4 is 12.6 Å². The van der Waals surface area contributed by atoms with Crippen molar-refractivity contribution in [1.82, 2.24) is 9.80 Å². The number of likely N-dealkylation sites (N-methyl/N-ethyl adjacent to an activating group) is 1. The first-order valence-corrected chi connectivity index (χ1v) is 13.0. The number of rotatable bonds is 9. The van der Waals surface area contributed by atoms with Crippen LogP contribution in [0.4, 0.5) is 13.2 Å². The Morgan fingerprint density at radius 1 is 0.974 bits per heavy atom. The van der Waals surface area contributed by atoms with Crippen molar-refractivity contribution in [2.45, 2.75) is 37.6 Å². The van der Waals surface area contributed by atoms with Crippen molar-refractivity contribution < 1.29 is 18.0 Å². The van der Waals surface area contributed by atoms with E-state index >= 15 is 0 Å². The van der Waals surface area contributed by atoms with Crippen molar-refractivity contribution in [2.75, 3.05) is 33.2 Å². The summed E-state index contributed by atoms with van der Waals surface area (Å²) >= 11 is 0. The van der Waals surface area contributed by atoms with Crippen LogP contribution in [0.5, 0.6) is 0 Å². The number of carbonyl (C=O) groups is 1. The third-order valence-electron chi connectivity index (χ3n) is 7.60. The van der Waals surface area contributed by atoms with Gasteiger partial charge in [0, 0.05) is 13.6 Å². The van der Waals surface area contributed by atoms with Crippen LogP contribution in [-0.4, -0.2) is 55.7 Å². The van der Waals surface area contributed by atoms with Crippen LogP contribution >= 0.6 is 0 Å². The molecule has 0 aliphatic carbocycles. The lowest BCUT2D eigenvalue weighted by Crippen LogP contribution is -2.46. The monoisotopic (exact) mass is 521 g/mol. The smallest absolute Gasteiger partial charge is 0.259 e. The summed E-state index contributed by atoms with van der Waals surface area (Å²) in [5.41, 5.74) is 1.77. The first-order chi connectivity index (χ1) is 18.2. The van der Waals surface area contributed by atoms with E-state index in [-0.39, 0.29) is 17.6 Å². The van der Waals surface area contributed by atoms with Crippen LogP contribution in [0, 0.1) is 24.4 Å². The Bertz CT molecular complexity index is 1210. The first-order valence-electron chi connectivity index (χ1n) is 13.0. The fraction of sp³-hybridized carbons (Fsp3) is 0.355. The van der Waals surface area contributed by atoms with Gasteiger partial charge in [-0.3, -0.25) is 9.79 Å². The number of halogens is 3. The van der Waals surface area contributed by atoms with E-state index in [1.54, 1.807) is 30.1 Å². The molecule has 0 N–H and O–H groups in total. The zero-order valence-corrected chi connectivity index (χ0v) is 22.0. The predicted octanol–water partition coefficient (Wildman–Crippen LogP) is 6.08. The van der Waals surface area contributed by atoms with E-state index in [1.165, 1.54) is 24.3 Å². The fourth-order valence-corrected chi connectivity index (χ4v) is 5.32. The van der Waals surface area contributed by atoms with E-state index in [4.69, 9.17) is 0 Å². The van der Waals surface area contributed by atoms with Gasteiger partial charge in [0.1, 0.15) is 5.82 Å². The molecule has 0 spiro atoms. The molecule has 3 aromatic rings. The van der Waals surface area contributed by atoms with Gasteiger partial charge in [-0.15, -0.1) is 0 Å². The van der Waals surface area contributed by atoms with Crippen molar-refractivity contribution in [3.05, 3.63) is 106 Å². The van der Waals surface area contributed by atoms with Gasteiger partial charge in [-0.2, -0.15) is 0 Å². The van der Waals surface area contributed by atoms with Crippen molar-refractivity contribution in [3.8, 4) is 0 Å². The average Bonchev–Trinajstić information content (AvgIpc) is 2.93. The van der Waals surface area contributed by atoms with E-state index in [0.717, 1.165) is 50.0 Å². The molecule has 200 valence electrons. The second-order valence-corrected chi connectivity index (χ2v) is 10.1. The van der Waals surface area contributed by atoms with E-state index in [2.05, 4.69) is 16.6 Å². The molecule has 0 radical (unpaired) electrons. The van der Waals surface area contributed by atoms with Crippen LogP contribution in [0.2, 0.25) is 0 Å². The summed E-state index contributed by atoms with van der Waals surface area (Å²) in [5, 5.41) is 0. The maximum absolute atomic E-state index is 13.9. The minimum absolute atomic E-state index is 0.218. The third-order valence-corrected chi connectivity index (χ3v) is 7.60. The molecule has 1 aliphatic heterocycles. The molecule has 4 nitrogen and oxygen atoms in total. The highest BCUT2D eigenvalue weighted by Gasteiger charge is 2.43. The number of aryl methyl sites for hydroxylation is 1. The van der Waals surface area contributed by atoms with Crippen LogP contribution in [0.15, 0.2) is 71.7 Å². The molecule has 0 bridgehead atoms. The number of hydrogen-bond donors (Lipinski definition) is 0. The van der Waals surface area contributed by atoms with Crippen molar-refractivity contribution in [2.24, 2.45) is 4.99 Å². The van der Waals surface area contributed by atoms with E-state index < -0.39 is 17.2 Å². The quantitative estimate of drug-likeness (QED) is 0.320. The van der Waals surface area contributed by atoms with Gasteiger partial charge >= 0.3 is 0 Å². The summed E-state index contributed by atoms with van der Waals surface area (Å²) in [5.74, 6) is -2.00. The molecular formula is C31H34F3N3O. The summed E-state index contributed by atoms with van der Waals surface area (Å²) in [6, 6.07) is 17.6. The molecule has 1 amide bonds. The molecule has 38 heavy (non-hydrogen) atoms. The number of hydrogen-bond acceptors (Lipinski definition) is 3. The number of likely N-dealkylation sites (tertiary alicyclic amines) is 1. The number of benzene rings is 3. The number of carbonyl (C=O) groups excluding carboxylic acids is 1. The molecule has 3 aromatic carbocycles. The maximum atomic E-state index is 13.9. The second kappa shape index (κ2) is 11.9. The van der Waals surface area contributed by atoms with Crippen LogP contribution in [-0.2, 0) is 10.3 Å². The predicted molar refractivity (Wildman–Crippen MR) is 145 cm³/mol. The lowest BCUT2D eigenvalue weighted by Gasteiger charge is -2.35. The summed E-state index contributed by atoms with van der Waals surface area (Å²) in [4.78, 5) is 22.3. The molecule has 1 aliphatic rings. The van der Waals surface area contributed by atoms with Gasteiger partial charge < -0.3 is 9.80 Å². The molecule has 0 saturated carbocycles. The molecule has 7 heteroatoms. The Morgan fingerprint density at radius 2 is 1.58 bits per heavy atom. The van der Waals surface area contributed by atoms with Gasteiger partial charge in [0.25, 0.3) is 5.91 Å². The number of piperidine rings is 1. The Labute approximate surface area is 222 Å². The molecule has 1 saturated heterocycles. The van der Waals surface area contributed by atoms with Gasteiger partial charge in [0.05, 0.1) is 0 Å². The minimum Gasteiger partial charge on any atom is -0.343 e. The SMILES string of the molecule is C=NC(C(=O)N(C)CCCN1CCC(c2ccc(F)c(F)c2)CC1)(c1ccc(C)cc1)c1ccc(F)cc1. The number of nitrogens with zero attached hydrogens (tertiary/aromatic N) is 3. The highest BCUT2D eigenvalue weighted by molar-refractivity contribution is 5.92. The van der Waals surface area contributed by atoms with E-state index in [1.807, 2.05) is 31.2 Å².